The number of imidazole rings is 1. The van der Waals surface area contributed by atoms with Crippen LogP contribution >= 0.6 is 0 Å². The molecule has 2 aliphatic heterocycles. The summed E-state index contributed by atoms with van der Waals surface area (Å²) in [7, 11) is 0. The number of fused-ring (bicyclic) bond motifs is 1. The molecule has 4 aromatic heterocycles. The second-order valence-electron chi connectivity index (χ2n) is 14.3. The lowest BCUT2D eigenvalue weighted by Gasteiger charge is -2.27. The van der Waals surface area contributed by atoms with Crippen molar-refractivity contribution in [3.63, 3.8) is 0 Å². The molecule has 2 amide bonds. The van der Waals surface area contributed by atoms with Gasteiger partial charge < -0.3 is 35.3 Å². The lowest BCUT2D eigenvalue weighted by molar-refractivity contribution is -0.232. The van der Waals surface area contributed by atoms with Gasteiger partial charge in [-0.05, 0) is 41.8 Å². The van der Waals surface area contributed by atoms with Crippen LogP contribution in [0.4, 0.5) is 29.7 Å². The van der Waals surface area contributed by atoms with Crippen LogP contribution in [0.5, 0.6) is 0 Å². The number of aryl methyl sites for hydroxylation is 1. The molecule has 2 fully saturated rings. The highest BCUT2D eigenvalue weighted by Crippen LogP contribution is 2.39. The minimum Gasteiger partial charge on any atom is -0.387 e. The average Bonchev–Trinajstić information content (AvgIpc) is 4.10. The highest BCUT2D eigenvalue weighted by atomic mass is 19.4. The Bertz CT molecular complexity index is 2400. The topological polar surface area (TPSA) is 224 Å². The van der Waals surface area contributed by atoms with E-state index in [1.54, 1.807) is 23.1 Å². The van der Waals surface area contributed by atoms with Gasteiger partial charge in [0.25, 0.3) is 0 Å². The molecule has 19 nitrogen and oxygen atoms in total. The number of benzene rings is 2. The zero-order chi connectivity index (χ0) is 42.7. The number of aliphatic hydroxyl groups excluding tert-OH is 2. The summed E-state index contributed by atoms with van der Waals surface area (Å²) in [4.78, 5) is 51.4. The summed E-state index contributed by atoms with van der Waals surface area (Å²) in [5.41, 5.74) is 2.90. The molecule has 0 saturated carbocycles. The standard InChI is InChI=1S/C39H40F3N13O6/c1-2-54-50-33(49-51-54)31-29(56)30(57)35(60-31)53-22-46-28-32(44-20-27(23-11-5-3-6-12-23)24-13-7-4-8-14-24)47-37(48-34(28)53)52-18-16-26(21-52)55(61-36(58)39(40,41)42)38(59)45-19-25-15-9-10-17-43-25/h3-15,17,22,26-27,29-31,35,56-57H,2,16,18-21H2,1H3,(H,45,59)(H,44,47,48)/t26-,29+,30-,31+,35-/m1/s1. The first-order valence-electron chi connectivity index (χ1n) is 19.4. The minimum absolute atomic E-state index is 0.0550. The van der Waals surface area contributed by atoms with Crippen molar-refractivity contribution < 1.29 is 42.5 Å². The Kier molecular flexibility index (Phi) is 11.7. The smallest absolute Gasteiger partial charge is 0.387 e. The number of amides is 2. The van der Waals surface area contributed by atoms with Crippen LogP contribution in [0.3, 0.4) is 0 Å². The van der Waals surface area contributed by atoms with Gasteiger partial charge >= 0.3 is 18.2 Å². The Labute approximate surface area is 345 Å². The van der Waals surface area contributed by atoms with Crippen LogP contribution < -0.4 is 15.5 Å². The molecule has 6 aromatic rings. The number of alkyl halides is 3. The lowest BCUT2D eigenvalue weighted by atomic mass is 9.91. The number of ether oxygens (including phenoxy) is 1. The van der Waals surface area contributed by atoms with Gasteiger partial charge in [0.15, 0.2) is 29.3 Å². The van der Waals surface area contributed by atoms with Gasteiger partial charge in [0.2, 0.25) is 11.8 Å². The fourth-order valence-corrected chi connectivity index (χ4v) is 7.24. The Morgan fingerprint density at radius 2 is 1.70 bits per heavy atom. The summed E-state index contributed by atoms with van der Waals surface area (Å²) in [5.74, 6) is -2.32. The van der Waals surface area contributed by atoms with Gasteiger partial charge in [-0.1, -0.05) is 66.7 Å². The van der Waals surface area contributed by atoms with E-state index >= 15 is 0 Å². The monoisotopic (exact) mass is 843 g/mol. The van der Waals surface area contributed by atoms with Crippen LogP contribution in [0.2, 0.25) is 0 Å². The number of carbonyl (C=O) groups excluding carboxylic acids is 2. The number of halogens is 3. The number of anilines is 2. The number of hydroxylamine groups is 2. The van der Waals surface area contributed by atoms with Gasteiger partial charge in [0.1, 0.15) is 12.2 Å². The minimum atomic E-state index is -5.38. The van der Waals surface area contributed by atoms with Crippen molar-refractivity contribution in [3.05, 3.63) is 114 Å². The predicted octanol–water partition coefficient (Wildman–Crippen LogP) is 3.27. The van der Waals surface area contributed by atoms with Gasteiger partial charge in [-0.15, -0.1) is 15.3 Å². The van der Waals surface area contributed by atoms with E-state index in [9.17, 15) is 33.0 Å². The van der Waals surface area contributed by atoms with Gasteiger partial charge in [-0.25, -0.2) is 14.6 Å². The molecule has 0 bridgehead atoms. The first-order chi connectivity index (χ1) is 29.5. The third-order valence-electron chi connectivity index (χ3n) is 10.3. The second kappa shape index (κ2) is 17.4. The second-order valence-corrected chi connectivity index (χ2v) is 14.3. The molecule has 2 aromatic carbocycles. The summed E-state index contributed by atoms with van der Waals surface area (Å²) in [6.07, 6.45) is -7.79. The number of nitrogens with zero attached hydrogens (tertiary/aromatic N) is 11. The molecule has 0 spiro atoms. The molecule has 4 N–H and O–H groups in total. The zero-order valence-corrected chi connectivity index (χ0v) is 32.4. The molecular formula is C39H40F3N13O6. The number of rotatable bonds is 12. The first kappa shape index (κ1) is 41.0. The van der Waals surface area contributed by atoms with Gasteiger partial charge in [0.05, 0.1) is 31.2 Å². The van der Waals surface area contributed by atoms with Crippen LogP contribution in [0.25, 0.3) is 11.2 Å². The quantitative estimate of drug-likeness (QED) is 0.130. The number of hydrogen-bond donors (Lipinski definition) is 4. The van der Waals surface area contributed by atoms with Crippen LogP contribution in [-0.2, 0) is 27.5 Å². The molecule has 6 heterocycles. The van der Waals surface area contributed by atoms with Crippen LogP contribution in [0.1, 0.15) is 54.2 Å². The summed E-state index contributed by atoms with van der Waals surface area (Å²) >= 11 is 0. The lowest BCUT2D eigenvalue weighted by Crippen LogP contribution is -2.49. The maximum atomic E-state index is 13.5. The fraction of sp³-hybridized carbons (Fsp3) is 0.359. The molecule has 0 aliphatic carbocycles. The highest BCUT2D eigenvalue weighted by molar-refractivity contribution is 5.85. The van der Waals surface area contributed by atoms with E-state index in [1.807, 2.05) is 67.6 Å². The summed E-state index contributed by atoms with van der Waals surface area (Å²) in [5, 5.41) is 40.9. The fourth-order valence-electron chi connectivity index (χ4n) is 7.24. The molecule has 22 heteroatoms. The van der Waals surface area contributed by atoms with E-state index in [4.69, 9.17) is 14.7 Å². The van der Waals surface area contributed by atoms with E-state index in [0.29, 0.717) is 23.8 Å². The number of urea groups is 1. The Morgan fingerprint density at radius 1 is 0.984 bits per heavy atom. The van der Waals surface area contributed by atoms with E-state index < -0.39 is 48.8 Å². The Hall–Kier alpha value is -6.78. The molecule has 2 aliphatic rings. The van der Waals surface area contributed by atoms with Gasteiger partial charge in [0, 0.05) is 31.7 Å². The zero-order valence-electron chi connectivity index (χ0n) is 32.4. The maximum absolute atomic E-state index is 13.5. The van der Waals surface area contributed by atoms with Crippen molar-refractivity contribution in [2.75, 3.05) is 29.9 Å². The van der Waals surface area contributed by atoms with Crippen molar-refractivity contribution >= 4 is 34.9 Å². The number of aliphatic hydroxyl groups is 2. The average molecular weight is 844 g/mol. The van der Waals surface area contributed by atoms with E-state index in [1.165, 1.54) is 21.9 Å². The van der Waals surface area contributed by atoms with Crippen LogP contribution in [0.15, 0.2) is 91.4 Å². The number of carbonyl (C=O) groups is 2. The summed E-state index contributed by atoms with van der Waals surface area (Å²) in [6.45, 7) is 2.37. The molecule has 8 rings (SSSR count). The predicted molar refractivity (Wildman–Crippen MR) is 208 cm³/mol. The van der Waals surface area contributed by atoms with E-state index in [-0.39, 0.29) is 60.7 Å². The first-order valence-corrected chi connectivity index (χ1v) is 19.4. The SMILES string of the molecule is CCn1nnc([C@H]2O[C@@H](n3cnc4c(NCC(c5ccccc5)c5ccccc5)nc(N5CC[C@@H](N(OC(=O)C(F)(F)F)C(=O)NCc6ccccn6)C5)nc43)[C@H](O)[C@@H]2O)n1. The Morgan fingerprint density at radius 3 is 2.36 bits per heavy atom. The van der Waals surface area contributed by atoms with Crippen molar-refractivity contribution in [2.24, 2.45) is 0 Å². The normalized spacial score (nSPS) is 20.3. The molecule has 0 radical (unpaired) electrons. The molecular weight excluding hydrogens is 804 g/mol. The molecule has 61 heavy (non-hydrogen) atoms. The summed E-state index contributed by atoms with van der Waals surface area (Å²) < 4.78 is 48.0. The molecule has 5 atom stereocenters. The van der Waals surface area contributed by atoms with Crippen molar-refractivity contribution in [1.29, 1.82) is 0 Å². The third-order valence-corrected chi connectivity index (χ3v) is 10.3. The summed E-state index contributed by atoms with van der Waals surface area (Å²) in [6, 6.07) is 22.5. The Balaban J connectivity index is 1.13. The number of hydrogen-bond acceptors (Lipinski definition) is 15. The number of tetrazole rings is 1. The van der Waals surface area contributed by atoms with Crippen LogP contribution in [0, 0.1) is 0 Å². The third kappa shape index (κ3) is 8.76. The number of aromatic nitrogens is 9. The number of pyridine rings is 1. The van der Waals surface area contributed by atoms with Crippen molar-refractivity contribution in [1.82, 2.24) is 55.1 Å². The highest BCUT2D eigenvalue weighted by Gasteiger charge is 2.48. The van der Waals surface area contributed by atoms with Crippen molar-refractivity contribution in [2.45, 2.75) is 69.1 Å². The number of nitrogens with one attached hydrogen (secondary N) is 2. The largest absolute Gasteiger partial charge is 0.493 e. The molecule has 2 saturated heterocycles. The molecule has 318 valence electrons. The van der Waals surface area contributed by atoms with Crippen molar-refractivity contribution in [3.8, 4) is 0 Å². The van der Waals surface area contributed by atoms with Gasteiger partial charge in [-0.2, -0.15) is 27.9 Å². The molecule has 0 unspecified atom stereocenters. The maximum Gasteiger partial charge on any atom is 0.493 e. The van der Waals surface area contributed by atoms with Crippen LogP contribution in [-0.4, -0.2) is 116 Å². The van der Waals surface area contributed by atoms with E-state index in [2.05, 4.69) is 40.8 Å². The van der Waals surface area contributed by atoms with Gasteiger partial charge in [-0.3, -0.25) is 9.55 Å². The van der Waals surface area contributed by atoms with E-state index in [0.717, 1.165) is 11.1 Å².